The lowest BCUT2D eigenvalue weighted by atomic mass is 10.2. The average molecular weight is 179 g/mol. The van der Waals surface area contributed by atoms with Crippen LogP contribution in [0.3, 0.4) is 0 Å². The van der Waals surface area contributed by atoms with Gasteiger partial charge in [-0.25, -0.2) is 9.97 Å². The molecule has 0 N–H and O–H groups in total. The molecule has 0 radical (unpaired) electrons. The summed E-state index contributed by atoms with van der Waals surface area (Å²) in [5, 5.41) is 1.04. The van der Waals surface area contributed by atoms with Crippen LogP contribution in [-0.4, -0.2) is 9.97 Å². The zero-order valence-electron chi connectivity index (χ0n) is 6.37. The number of nitrogens with zero attached hydrogens (tertiary/aromatic N) is 2. The molecule has 0 aliphatic rings. The van der Waals surface area contributed by atoms with E-state index in [1.807, 2.05) is 18.2 Å². The lowest BCUT2D eigenvalue weighted by molar-refractivity contribution is 1.26. The van der Waals surface area contributed by atoms with Crippen LogP contribution in [0, 0.1) is 0 Å². The number of hydrogen-bond donors (Lipinski definition) is 0. The van der Waals surface area contributed by atoms with Gasteiger partial charge in [0, 0.05) is 23.7 Å². The van der Waals surface area contributed by atoms with Crippen molar-refractivity contribution in [2.24, 2.45) is 0 Å². The average Bonchev–Trinajstić information content (AvgIpc) is 2.17. The highest BCUT2D eigenvalue weighted by molar-refractivity contribution is 6.17. The second-order valence-electron chi connectivity index (χ2n) is 2.48. The van der Waals surface area contributed by atoms with Crippen LogP contribution in [0.15, 0.2) is 30.6 Å². The molecule has 0 saturated carbocycles. The van der Waals surface area contributed by atoms with Crippen LogP contribution in [0.1, 0.15) is 5.56 Å². The Kier molecular flexibility index (Phi) is 1.92. The number of hydrogen-bond acceptors (Lipinski definition) is 2. The fraction of sp³-hybridized carbons (Fsp3) is 0.111. The molecule has 2 rings (SSSR count). The van der Waals surface area contributed by atoms with Gasteiger partial charge in [-0.1, -0.05) is 0 Å². The Morgan fingerprint density at radius 2 is 2.00 bits per heavy atom. The molecule has 2 aromatic rings. The predicted molar refractivity (Wildman–Crippen MR) is 49.1 cm³/mol. The Bertz CT molecular complexity index is 395. The summed E-state index contributed by atoms with van der Waals surface area (Å²) in [4.78, 5) is 8.24. The first-order valence-corrected chi connectivity index (χ1v) is 4.20. The molecule has 60 valence electrons. The van der Waals surface area contributed by atoms with Crippen molar-refractivity contribution in [1.29, 1.82) is 0 Å². The maximum absolute atomic E-state index is 5.75. The van der Waals surface area contributed by atoms with Gasteiger partial charge in [-0.2, -0.15) is 0 Å². The van der Waals surface area contributed by atoms with Crippen molar-refractivity contribution in [3.63, 3.8) is 0 Å². The molecule has 0 spiro atoms. The van der Waals surface area contributed by atoms with Crippen LogP contribution in [0.5, 0.6) is 0 Å². The predicted octanol–water partition coefficient (Wildman–Crippen LogP) is 2.37. The Labute approximate surface area is 75.2 Å². The Hall–Kier alpha value is -1.15. The Balaban J connectivity index is 2.79. The van der Waals surface area contributed by atoms with Gasteiger partial charge in [0.05, 0.1) is 0 Å². The minimum absolute atomic E-state index is 0.505. The number of fused-ring (bicyclic) bond motifs is 1. The van der Waals surface area contributed by atoms with Gasteiger partial charge in [-0.15, -0.1) is 11.6 Å². The fourth-order valence-corrected chi connectivity index (χ4v) is 1.39. The van der Waals surface area contributed by atoms with Crippen LogP contribution in [0.25, 0.3) is 11.0 Å². The first-order valence-electron chi connectivity index (χ1n) is 3.66. The van der Waals surface area contributed by atoms with E-state index in [-0.39, 0.29) is 0 Å². The Morgan fingerprint density at radius 3 is 2.83 bits per heavy atom. The third kappa shape index (κ3) is 1.14. The van der Waals surface area contributed by atoms with Gasteiger partial charge in [-0.3, -0.25) is 0 Å². The van der Waals surface area contributed by atoms with E-state index in [0.717, 1.165) is 16.6 Å². The number of rotatable bonds is 1. The van der Waals surface area contributed by atoms with E-state index in [2.05, 4.69) is 9.97 Å². The summed E-state index contributed by atoms with van der Waals surface area (Å²) in [5.74, 6) is 0.505. The highest BCUT2D eigenvalue weighted by atomic mass is 35.5. The monoisotopic (exact) mass is 178 g/mol. The van der Waals surface area contributed by atoms with Crippen molar-refractivity contribution < 1.29 is 0 Å². The number of pyridine rings is 2. The highest BCUT2D eigenvalue weighted by Crippen LogP contribution is 2.15. The van der Waals surface area contributed by atoms with Crippen molar-refractivity contribution >= 4 is 22.6 Å². The summed E-state index contributed by atoms with van der Waals surface area (Å²) in [6.45, 7) is 0. The Morgan fingerprint density at radius 1 is 1.17 bits per heavy atom. The molecule has 0 fully saturated rings. The van der Waals surface area contributed by atoms with E-state index in [4.69, 9.17) is 11.6 Å². The van der Waals surface area contributed by atoms with Crippen LogP contribution >= 0.6 is 11.6 Å². The van der Waals surface area contributed by atoms with Crippen LogP contribution < -0.4 is 0 Å². The van der Waals surface area contributed by atoms with E-state index in [1.165, 1.54) is 0 Å². The molecule has 12 heavy (non-hydrogen) atoms. The zero-order valence-corrected chi connectivity index (χ0v) is 7.12. The second-order valence-corrected chi connectivity index (χ2v) is 2.75. The summed E-state index contributed by atoms with van der Waals surface area (Å²) in [6, 6.07) is 5.78. The van der Waals surface area contributed by atoms with Crippen molar-refractivity contribution in [3.05, 3.63) is 36.2 Å². The van der Waals surface area contributed by atoms with Crippen molar-refractivity contribution in [3.8, 4) is 0 Å². The normalized spacial score (nSPS) is 10.4. The van der Waals surface area contributed by atoms with Gasteiger partial charge in [0.1, 0.15) is 0 Å². The molecule has 2 heterocycles. The maximum Gasteiger partial charge on any atom is 0.159 e. The summed E-state index contributed by atoms with van der Waals surface area (Å²) in [7, 11) is 0. The van der Waals surface area contributed by atoms with Gasteiger partial charge < -0.3 is 0 Å². The van der Waals surface area contributed by atoms with Crippen molar-refractivity contribution in [1.82, 2.24) is 9.97 Å². The van der Waals surface area contributed by atoms with Crippen LogP contribution in [0.2, 0.25) is 0 Å². The van der Waals surface area contributed by atoms with Gasteiger partial charge in [0.15, 0.2) is 5.65 Å². The standard InChI is InChI=1S/C9H7ClN2/c10-6-7-3-5-12-9-8(7)2-1-4-11-9/h1-5H,6H2. The van der Waals surface area contributed by atoms with E-state index in [9.17, 15) is 0 Å². The maximum atomic E-state index is 5.75. The first-order chi connectivity index (χ1) is 5.92. The third-order valence-electron chi connectivity index (χ3n) is 1.75. The minimum Gasteiger partial charge on any atom is -0.237 e. The molecule has 0 unspecified atom stereocenters. The molecule has 0 aromatic carbocycles. The second kappa shape index (κ2) is 3.07. The molecular weight excluding hydrogens is 172 g/mol. The molecule has 0 aliphatic heterocycles. The quantitative estimate of drug-likeness (QED) is 0.627. The topological polar surface area (TPSA) is 25.8 Å². The molecule has 0 bridgehead atoms. The molecule has 2 nitrogen and oxygen atoms in total. The summed E-state index contributed by atoms with van der Waals surface area (Å²) in [5.41, 5.74) is 1.84. The van der Waals surface area contributed by atoms with Gasteiger partial charge in [0.25, 0.3) is 0 Å². The number of halogens is 1. The van der Waals surface area contributed by atoms with E-state index in [0.29, 0.717) is 5.88 Å². The minimum atomic E-state index is 0.505. The fourth-order valence-electron chi connectivity index (χ4n) is 1.15. The zero-order chi connectivity index (χ0) is 8.39. The number of alkyl halides is 1. The molecule has 0 saturated heterocycles. The summed E-state index contributed by atoms with van der Waals surface area (Å²) in [6.07, 6.45) is 3.46. The smallest absolute Gasteiger partial charge is 0.159 e. The number of aromatic nitrogens is 2. The lowest BCUT2D eigenvalue weighted by Gasteiger charge is -1.99. The van der Waals surface area contributed by atoms with Crippen molar-refractivity contribution in [2.75, 3.05) is 0 Å². The van der Waals surface area contributed by atoms with Crippen LogP contribution in [0.4, 0.5) is 0 Å². The SMILES string of the molecule is ClCc1ccnc2ncccc12. The van der Waals surface area contributed by atoms with Gasteiger partial charge in [-0.05, 0) is 23.8 Å². The molecule has 0 atom stereocenters. The van der Waals surface area contributed by atoms with Gasteiger partial charge >= 0.3 is 0 Å². The molecule has 0 amide bonds. The third-order valence-corrected chi connectivity index (χ3v) is 2.04. The largest absolute Gasteiger partial charge is 0.237 e. The molecule has 0 aliphatic carbocycles. The van der Waals surface area contributed by atoms with E-state index < -0.39 is 0 Å². The summed E-state index contributed by atoms with van der Waals surface area (Å²) >= 11 is 5.75. The van der Waals surface area contributed by atoms with Crippen LogP contribution in [-0.2, 0) is 5.88 Å². The highest BCUT2D eigenvalue weighted by Gasteiger charge is 1.98. The van der Waals surface area contributed by atoms with Gasteiger partial charge in [0.2, 0.25) is 0 Å². The first kappa shape index (κ1) is 7.50. The summed E-state index contributed by atoms with van der Waals surface area (Å²) < 4.78 is 0. The van der Waals surface area contributed by atoms with E-state index in [1.54, 1.807) is 12.4 Å². The van der Waals surface area contributed by atoms with Crippen molar-refractivity contribution in [2.45, 2.75) is 5.88 Å². The lowest BCUT2D eigenvalue weighted by Crippen LogP contribution is -1.86. The molecule has 2 aromatic heterocycles. The molecular formula is C9H7ClN2. The molecule has 3 heteroatoms. The van der Waals surface area contributed by atoms with E-state index >= 15 is 0 Å².